The number of benzene rings is 2. The van der Waals surface area contributed by atoms with Gasteiger partial charge in [0.25, 0.3) is 0 Å². The Kier molecular flexibility index (Phi) is 3.22. The third kappa shape index (κ3) is 2.20. The lowest BCUT2D eigenvalue weighted by atomic mass is 9.97. The summed E-state index contributed by atoms with van der Waals surface area (Å²) in [7, 11) is 1.90. The minimum absolute atomic E-state index is 0.0569. The van der Waals surface area contributed by atoms with Crippen LogP contribution in [-0.2, 0) is 7.05 Å². The van der Waals surface area contributed by atoms with Gasteiger partial charge in [0.1, 0.15) is 0 Å². The number of halogens is 1. The fourth-order valence-electron chi connectivity index (χ4n) is 2.67. The molecule has 4 heteroatoms. The average molecular weight is 299 g/mol. The van der Waals surface area contributed by atoms with E-state index in [4.69, 9.17) is 17.3 Å². The maximum atomic E-state index is 12.9. The molecule has 1 aromatic heterocycles. The zero-order chi connectivity index (χ0) is 15.1. The molecule has 0 spiro atoms. The standard InChI is InChI=1S/C17H15ClN2O/c1-10-4-3-5-14(19)16(10)17(21)13-9-20(2)15-8-11(18)6-7-12(13)15/h3-9H,19H2,1-2H3. The summed E-state index contributed by atoms with van der Waals surface area (Å²) in [5, 5.41) is 1.53. The van der Waals surface area contributed by atoms with Crippen LogP contribution in [-0.4, -0.2) is 10.4 Å². The molecule has 3 aromatic rings. The summed E-state index contributed by atoms with van der Waals surface area (Å²) in [6, 6.07) is 11.0. The lowest BCUT2D eigenvalue weighted by Gasteiger charge is -2.07. The number of hydrogen-bond donors (Lipinski definition) is 1. The lowest BCUT2D eigenvalue weighted by molar-refractivity contribution is 0.104. The monoisotopic (exact) mass is 298 g/mol. The van der Waals surface area contributed by atoms with E-state index >= 15 is 0 Å². The molecule has 0 saturated heterocycles. The van der Waals surface area contributed by atoms with Crippen molar-refractivity contribution < 1.29 is 4.79 Å². The quantitative estimate of drug-likeness (QED) is 0.575. The number of fused-ring (bicyclic) bond motifs is 1. The third-order valence-electron chi connectivity index (χ3n) is 3.73. The highest BCUT2D eigenvalue weighted by Gasteiger charge is 2.19. The topological polar surface area (TPSA) is 48.0 Å². The molecule has 0 fully saturated rings. The van der Waals surface area contributed by atoms with Crippen LogP contribution in [0.4, 0.5) is 5.69 Å². The molecular formula is C17H15ClN2O. The molecular weight excluding hydrogens is 284 g/mol. The summed E-state index contributed by atoms with van der Waals surface area (Å²) >= 11 is 6.03. The molecule has 0 unspecified atom stereocenters. The molecule has 21 heavy (non-hydrogen) atoms. The van der Waals surface area contributed by atoms with Crippen LogP contribution in [0.15, 0.2) is 42.6 Å². The van der Waals surface area contributed by atoms with Crippen LogP contribution in [0.2, 0.25) is 5.02 Å². The van der Waals surface area contributed by atoms with Crippen molar-refractivity contribution in [1.29, 1.82) is 0 Å². The number of nitrogens with zero attached hydrogens (tertiary/aromatic N) is 1. The normalized spacial score (nSPS) is 11.0. The Bertz CT molecular complexity index is 844. The van der Waals surface area contributed by atoms with E-state index in [0.717, 1.165) is 16.5 Å². The van der Waals surface area contributed by atoms with Gasteiger partial charge in [-0.2, -0.15) is 0 Å². The number of nitrogen functional groups attached to an aromatic ring is 1. The molecule has 2 aromatic carbocycles. The molecule has 0 saturated carbocycles. The second kappa shape index (κ2) is 4.93. The summed E-state index contributed by atoms with van der Waals surface area (Å²) in [5.41, 5.74) is 9.51. The van der Waals surface area contributed by atoms with Crippen LogP contribution < -0.4 is 5.73 Å². The van der Waals surface area contributed by atoms with Gasteiger partial charge in [0.05, 0.1) is 0 Å². The molecule has 106 valence electrons. The molecule has 0 aliphatic rings. The Morgan fingerprint density at radius 3 is 2.71 bits per heavy atom. The van der Waals surface area contributed by atoms with Crippen molar-refractivity contribution in [3.63, 3.8) is 0 Å². The summed E-state index contributed by atoms with van der Waals surface area (Å²) in [5.74, 6) is -0.0569. The van der Waals surface area contributed by atoms with E-state index in [1.54, 1.807) is 12.1 Å². The van der Waals surface area contributed by atoms with Gasteiger partial charge in [0.15, 0.2) is 5.78 Å². The first-order chi connectivity index (χ1) is 9.99. The van der Waals surface area contributed by atoms with Crippen LogP contribution in [0.3, 0.4) is 0 Å². The van der Waals surface area contributed by atoms with Crippen LogP contribution in [0.5, 0.6) is 0 Å². The van der Waals surface area contributed by atoms with E-state index in [1.165, 1.54) is 0 Å². The van der Waals surface area contributed by atoms with Crippen molar-refractivity contribution >= 4 is 34.0 Å². The van der Waals surface area contributed by atoms with E-state index in [1.807, 2.05) is 49.0 Å². The molecule has 3 rings (SSSR count). The lowest BCUT2D eigenvalue weighted by Crippen LogP contribution is -2.07. The highest BCUT2D eigenvalue weighted by molar-refractivity contribution is 6.31. The van der Waals surface area contributed by atoms with E-state index in [-0.39, 0.29) is 5.78 Å². The van der Waals surface area contributed by atoms with Crippen molar-refractivity contribution in [3.05, 3.63) is 64.3 Å². The number of nitrogens with two attached hydrogens (primary N) is 1. The number of aryl methyl sites for hydroxylation is 2. The van der Waals surface area contributed by atoms with Crippen LogP contribution >= 0.6 is 11.6 Å². The number of anilines is 1. The predicted octanol–water partition coefficient (Wildman–Crippen LogP) is 3.95. The minimum atomic E-state index is -0.0569. The fourth-order valence-corrected chi connectivity index (χ4v) is 2.84. The van der Waals surface area contributed by atoms with Gasteiger partial charge in [0, 0.05) is 46.0 Å². The predicted molar refractivity (Wildman–Crippen MR) is 87.0 cm³/mol. The van der Waals surface area contributed by atoms with Crippen LogP contribution in [0, 0.1) is 6.92 Å². The second-order valence-corrected chi connectivity index (χ2v) is 5.62. The number of aromatic nitrogens is 1. The molecule has 1 heterocycles. The van der Waals surface area contributed by atoms with Crippen molar-refractivity contribution in [1.82, 2.24) is 4.57 Å². The van der Waals surface area contributed by atoms with Crippen LogP contribution in [0.1, 0.15) is 21.5 Å². The molecule has 2 N–H and O–H groups in total. The van der Waals surface area contributed by atoms with E-state index in [2.05, 4.69) is 0 Å². The third-order valence-corrected chi connectivity index (χ3v) is 3.96. The Morgan fingerprint density at radius 2 is 2.00 bits per heavy atom. The Balaban J connectivity index is 2.24. The zero-order valence-electron chi connectivity index (χ0n) is 11.9. The number of ketones is 1. The van der Waals surface area contributed by atoms with Gasteiger partial charge in [-0.1, -0.05) is 29.8 Å². The molecule has 0 aliphatic heterocycles. The van der Waals surface area contributed by atoms with E-state index < -0.39 is 0 Å². The molecule has 0 radical (unpaired) electrons. The first-order valence-corrected chi connectivity index (χ1v) is 7.01. The number of hydrogen-bond acceptors (Lipinski definition) is 2. The summed E-state index contributed by atoms with van der Waals surface area (Å²) in [4.78, 5) is 12.9. The summed E-state index contributed by atoms with van der Waals surface area (Å²) < 4.78 is 1.91. The van der Waals surface area contributed by atoms with Gasteiger partial charge >= 0.3 is 0 Å². The van der Waals surface area contributed by atoms with Gasteiger partial charge in [-0.25, -0.2) is 0 Å². The van der Waals surface area contributed by atoms with Crippen molar-refractivity contribution in [2.75, 3.05) is 5.73 Å². The number of carbonyl (C=O) groups excluding carboxylic acids is 1. The second-order valence-electron chi connectivity index (χ2n) is 5.18. The summed E-state index contributed by atoms with van der Waals surface area (Å²) in [6.45, 7) is 1.89. The highest BCUT2D eigenvalue weighted by Crippen LogP contribution is 2.28. The molecule has 0 amide bonds. The molecule has 0 bridgehead atoms. The van der Waals surface area contributed by atoms with E-state index in [9.17, 15) is 4.79 Å². The molecule has 0 aliphatic carbocycles. The maximum absolute atomic E-state index is 12.9. The first-order valence-electron chi connectivity index (χ1n) is 6.63. The van der Waals surface area contributed by atoms with E-state index in [0.29, 0.717) is 21.8 Å². The van der Waals surface area contributed by atoms with Gasteiger partial charge in [-0.3, -0.25) is 4.79 Å². The number of rotatable bonds is 2. The maximum Gasteiger partial charge on any atom is 0.197 e. The van der Waals surface area contributed by atoms with Crippen molar-refractivity contribution in [2.24, 2.45) is 7.05 Å². The summed E-state index contributed by atoms with van der Waals surface area (Å²) in [6.07, 6.45) is 1.83. The first kappa shape index (κ1) is 13.7. The van der Waals surface area contributed by atoms with Gasteiger partial charge < -0.3 is 10.3 Å². The Morgan fingerprint density at radius 1 is 1.24 bits per heavy atom. The highest BCUT2D eigenvalue weighted by atomic mass is 35.5. The van der Waals surface area contributed by atoms with Crippen molar-refractivity contribution in [2.45, 2.75) is 6.92 Å². The van der Waals surface area contributed by atoms with Crippen molar-refractivity contribution in [3.8, 4) is 0 Å². The molecule has 0 atom stereocenters. The Hall–Kier alpha value is -2.26. The average Bonchev–Trinajstić information content (AvgIpc) is 2.75. The smallest absolute Gasteiger partial charge is 0.197 e. The number of carbonyl (C=O) groups is 1. The SMILES string of the molecule is Cc1cccc(N)c1C(=O)c1cn(C)c2cc(Cl)ccc12. The van der Waals surface area contributed by atoms with Gasteiger partial charge in [0.2, 0.25) is 0 Å². The minimum Gasteiger partial charge on any atom is -0.398 e. The fraction of sp³-hybridized carbons (Fsp3) is 0.118. The largest absolute Gasteiger partial charge is 0.398 e. The van der Waals surface area contributed by atoms with Crippen LogP contribution in [0.25, 0.3) is 10.9 Å². The molecule has 3 nitrogen and oxygen atoms in total. The van der Waals surface area contributed by atoms with Gasteiger partial charge in [-0.15, -0.1) is 0 Å². The Labute approximate surface area is 127 Å². The zero-order valence-corrected chi connectivity index (χ0v) is 12.6. The van der Waals surface area contributed by atoms with Gasteiger partial charge in [-0.05, 0) is 30.7 Å².